The van der Waals surface area contributed by atoms with Gasteiger partial charge in [-0.05, 0) is 86.7 Å². The first-order chi connectivity index (χ1) is 17.4. The van der Waals surface area contributed by atoms with E-state index in [1.807, 2.05) is 48.5 Å². The number of alkyl halides is 3. The molecule has 0 radical (unpaired) electrons. The molecule has 1 heterocycles. The van der Waals surface area contributed by atoms with E-state index < -0.39 is 6.36 Å². The van der Waals surface area contributed by atoms with E-state index in [4.69, 9.17) is 0 Å². The van der Waals surface area contributed by atoms with E-state index in [-0.39, 0.29) is 23.7 Å². The molecular formula is C28H30F3N3O2. The maximum atomic E-state index is 13.7. The lowest BCUT2D eigenvalue weighted by Gasteiger charge is -2.39. The van der Waals surface area contributed by atoms with Crippen molar-refractivity contribution in [2.24, 2.45) is 5.92 Å². The van der Waals surface area contributed by atoms with E-state index in [1.54, 1.807) is 4.90 Å². The molecule has 0 spiro atoms. The van der Waals surface area contributed by atoms with Crippen LogP contribution in [0.1, 0.15) is 24.8 Å². The molecule has 5 nitrogen and oxygen atoms in total. The van der Waals surface area contributed by atoms with E-state index >= 15 is 0 Å². The molecule has 1 saturated heterocycles. The summed E-state index contributed by atoms with van der Waals surface area (Å²) in [5.74, 6) is -0.0783. The van der Waals surface area contributed by atoms with Crippen LogP contribution in [0.15, 0.2) is 84.9 Å². The number of anilines is 2. The predicted octanol–water partition coefficient (Wildman–Crippen LogP) is 6.62. The lowest BCUT2D eigenvalue weighted by Crippen LogP contribution is -2.51. The van der Waals surface area contributed by atoms with Gasteiger partial charge in [-0.25, -0.2) is 4.79 Å². The Labute approximate surface area is 209 Å². The number of piperidine rings is 1. The smallest absolute Gasteiger partial charge is 0.406 e. The van der Waals surface area contributed by atoms with E-state index in [0.29, 0.717) is 5.69 Å². The fourth-order valence-corrected chi connectivity index (χ4v) is 4.71. The second kappa shape index (κ2) is 11.9. The quantitative estimate of drug-likeness (QED) is 0.368. The second-order valence-electron chi connectivity index (χ2n) is 8.91. The predicted molar refractivity (Wildman–Crippen MR) is 135 cm³/mol. The largest absolute Gasteiger partial charge is 0.573 e. The number of amides is 2. The molecule has 2 N–H and O–H groups in total. The van der Waals surface area contributed by atoms with Crippen LogP contribution in [0.3, 0.4) is 0 Å². The zero-order valence-electron chi connectivity index (χ0n) is 19.9. The number of benzene rings is 3. The molecule has 0 bridgehead atoms. The molecule has 3 aromatic carbocycles. The number of nitrogens with zero attached hydrogens (tertiary/aromatic N) is 1. The molecule has 2 atom stereocenters. The molecule has 0 saturated carbocycles. The highest BCUT2D eigenvalue weighted by molar-refractivity contribution is 6.02. The highest BCUT2D eigenvalue weighted by atomic mass is 19.4. The van der Waals surface area contributed by atoms with Gasteiger partial charge in [0.1, 0.15) is 5.75 Å². The molecule has 0 aliphatic carbocycles. The Morgan fingerprint density at radius 3 is 2.28 bits per heavy atom. The number of hydrogen-bond donors (Lipinski definition) is 2. The number of aryl methyl sites for hydroxylation is 1. The fourth-order valence-electron chi connectivity index (χ4n) is 4.71. The number of urea groups is 1. The third kappa shape index (κ3) is 7.24. The van der Waals surface area contributed by atoms with E-state index in [0.717, 1.165) is 44.5 Å². The van der Waals surface area contributed by atoms with Crippen LogP contribution in [-0.2, 0) is 6.42 Å². The Kier molecular flexibility index (Phi) is 8.48. The zero-order valence-corrected chi connectivity index (χ0v) is 19.9. The molecule has 8 heteroatoms. The summed E-state index contributed by atoms with van der Waals surface area (Å²) in [6.07, 6.45) is -1.13. The second-order valence-corrected chi connectivity index (χ2v) is 8.91. The molecule has 4 rings (SSSR count). The van der Waals surface area contributed by atoms with Gasteiger partial charge in [0.2, 0.25) is 0 Å². The molecule has 2 unspecified atom stereocenters. The lowest BCUT2D eigenvalue weighted by atomic mass is 9.86. The highest BCUT2D eigenvalue weighted by Crippen LogP contribution is 2.30. The SMILES string of the molecule is O=C(Nc1ccc(OC(F)(F)F)cc1)N(c1ccccc1)C(CCc1ccccc1)C1CCCNC1. The first kappa shape index (κ1) is 25.6. The third-order valence-corrected chi connectivity index (χ3v) is 6.37. The van der Waals surface area contributed by atoms with Gasteiger partial charge >= 0.3 is 12.4 Å². The molecular weight excluding hydrogens is 467 g/mol. The molecule has 3 aromatic rings. The number of rotatable bonds is 8. The normalized spacial score (nSPS) is 16.7. The van der Waals surface area contributed by atoms with Crippen molar-refractivity contribution in [3.05, 3.63) is 90.5 Å². The summed E-state index contributed by atoms with van der Waals surface area (Å²) in [4.78, 5) is 15.5. The van der Waals surface area contributed by atoms with Crippen LogP contribution in [0.2, 0.25) is 0 Å². The van der Waals surface area contributed by atoms with Crippen LogP contribution in [-0.4, -0.2) is 31.5 Å². The topological polar surface area (TPSA) is 53.6 Å². The van der Waals surface area contributed by atoms with Crippen LogP contribution < -0.4 is 20.3 Å². The molecule has 1 fully saturated rings. The molecule has 1 aliphatic rings. The minimum atomic E-state index is -4.77. The van der Waals surface area contributed by atoms with E-state index in [9.17, 15) is 18.0 Å². The standard InChI is InChI=1S/C28H30F3N3O2/c29-28(30,31)36-25-16-14-23(15-17-25)33-27(35)34(24-11-5-2-6-12-24)26(22-10-7-19-32-20-22)18-13-21-8-3-1-4-9-21/h1-6,8-9,11-12,14-17,22,26,32H,7,10,13,18-20H2,(H,33,35). The summed E-state index contributed by atoms with van der Waals surface area (Å²) in [5, 5.41) is 6.35. The Hall–Kier alpha value is -3.52. The van der Waals surface area contributed by atoms with Crippen LogP contribution >= 0.6 is 0 Å². The lowest BCUT2D eigenvalue weighted by molar-refractivity contribution is -0.274. The van der Waals surface area contributed by atoms with Gasteiger partial charge in [0.25, 0.3) is 0 Å². The third-order valence-electron chi connectivity index (χ3n) is 6.37. The van der Waals surface area contributed by atoms with Crippen molar-refractivity contribution in [2.75, 3.05) is 23.3 Å². The molecule has 1 aliphatic heterocycles. The van der Waals surface area contributed by atoms with Gasteiger partial charge < -0.3 is 15.4 Å². The summed E-state index contributed by atoms with van der Waals surface area (Å²) < 4.78 is 41.4. The first-order valence-corrected chi connectivity index (χ1v) is 12.1. The number of carbonyl (C=O) groups is 1. The summed E-state index contributed by atoms with van der Waals surface area (Å²) in [6.45, 7) is 1.78. The van der Waals surface area contributed by atoms with Gasteiger partial charge in [-0.15, -0.1) is 13.2 Å². The Balaban J connectivity index is 1.58. The number of ether oxygens (including phenoxy) is 1. The average Bonchev–Trinajstić information content (AvgIpc) is 2.88. The van der Waals surface area contributed by atoms with Crippen molar-refractivity contribution in [1.29, 1.82) is 0 Å². The summed E-state index contributed by atoms with van der Waals surface area (Å²) in [7, 11) is 0. The van der Waals surface area contributed by atoms with Gasteiger partial charge in [-0.2, -0.15) is 0 Å². The molecule has 0 aromatic heterocycles. The number of halogens is 3. The number of para-hydroxylation sites is 1. The monoisotopic (exact) mass is 497 g/mol. The Bertz CT molecular complexity index is 1090. The summed E-state index contributed by atoms with van der Waals surface area (Å²) in [6, 6.07) is 24.5. The van der Waals surface area contributed by atoms with Crippen LogP contribution in [0.25, 0.3) is 0 Å². The fraction of sp³-hybridized carbons (Fsp3) is 0.321. The minimum absolute atomic E-state index is 0.0757. The van der Waals surface area contributed by atoms with Crippen molar-refractivity contribution in [2.45, 2.75) is 38.1 Å². The first-order valence-electron chi connectivity index (χ1n) is 12.1. The molecule has 2 amide bonds. The van der Waals surface area contributed by atoms with Gasteiger partial charge in [0, 0.05) is 17.4 Å². The highest BCUT2D eigenvalue weighted by Gasteiger charge is 2.33. The van der Waals surface area contributed by atoms with Crippen molar-refractivity contribution in [3.8, 4) is 5.75 Å². The van der Waals surface area contributed by atoms with Gasteiger partial charge in [0.15, 0.2) is 0 Å². The van der Waals surface area contributed by atoms with Crippen molar-refractivity contribution in [1.82, 2.24) is 5.32 Å². The van der Waals surface area contributed by atoms with Crippen molar-refractivity contribution >= 4 is 17.4 Å². The van der Waals surface area contributed by atoms with Crippen LogP contribution in [0.5, 0.6) is 5.75 Å². The van der Waals surface area contributed by atoms with Gasteiger partial charge in [0.05, 0.1) is 0 Å². The average molecular weight is 498 g/mol. The minimum Gasteiger partial charge on any atom is -0.406 e. The van der Waals surface area contributed by atoms with Gasteiger partial charge in [-0.1, -0.05) is 48.5 Å². The van der Waals surface area contributed by atoms with Crippen LogP contribution in [0, 0.1) is 5.92 Å². The number of nitrogens with one attached hydrogen (secondary N) is 2. The summed E-state index contributed by atoms with van der Waals surface area (Å²) in [5.41, 5.74) is 2.37. The Morgan fingerprint density at radius 2 is 1.67 bits per heavy atom. The van der Waals surface area contributed by atoms with E-state index in [2.05, 4.69) is 27.5 Å². The zero-order chi connectivity index (χ0) is 25.4. The van der Waals surface area contributed by atoms with Crippen LogP contribution in [0.4, 0.5) is 29.3 Å². The number of carbonyl (C=O) groups excluding carboxylic acids is 1. The van der Waals surface area contributed by atoms with Crippen molar-refractivity contribution < 1.29 is 22.7 Å². The Morgan fingerprint density at radius 1 is 1.00 bits per heavy atom. The maximum absolute atomic E-state index is 13.7. The number of hydrogen-bond acceptors (Lipinski definition) is 3. The molecule has 190 valence electrons. The maximum Gasteiger partial charge on any atom is 0.573 e. The summed E-state index contributed by atoms with van der Waals surface area (Å²) >= 11 is 0. The van der Waals surface area contributed by atoms with Crippen molar-refractivity contribution in [3.63, 3.8) is 0 Å². The van der Waals surface area contributed by atoms with Gasteiger partial charge in [-0.3, -0.25) is 4.90 Å². The van der Waals surface area contributed by atoms with E-state index in [1.165, 1.54) is 29.8 Å². The molecule has 36 heavy (non-hydrogen) atoms.